The number of benzene rings is 3. The van der Waals surface area contributed by atoms with Crippen molar-refractivity contribution in [2.45, 2.75) is 29.1 Å². The average Bonchev–Trinajstić information content (AvgIpc) is 2.98. The van der Waals surface area contributed by atoms with Crippen LogP contribution in [0.1, 0.15) is 40.7 Å². The Morgan fingerprint density at radius 1 is 1.00 bits per heavy atom. The summed E-state index contributed by atoms with van der Waals surface area (Å²) in [4.78, 5) is 19.8. The molecule has 4 nitrogen and oxygen atoms in total. The summed E-state index contributed by atoms with van der Waals surface area (Å²) in [7, 11) is 0. The zero-order valence-electron chi connectivity index (χ0n) is 17.3. The highest BCUT2D eigenvalue weighted by molar-refractivity contribution is 7.99. The van der Waals surface area contributed by atoms with Crippen molar-refractivity contribution < 1.29 is 9.18 Å². The van der Waals surface area contributed by atoms with Crippen molar-refractivity contribution >= 4 is 40.7 Å². The van der Waals surface area contributed by atoms with E-state index in [9.17, 15) is 9.18 Å². The van der Waals surface area contributed by atoms with E-state index >= 15 is 0 Å². The minimum atomic E-state index is -0.468. The highest BCUT2D eigenvalue weighted by atomic mass is 35.5. The minimum Gasteiger partial charge on any atom is -0.285 e. The van der Waals surface area contributed by atoms with Gasteiger partial charge in [-0.15, -0.1) is 0 Å². The van der Waals surface area contributed by atoms with E-state index < -0.39 is 5.82 Å². The molecule has 1 amide bonds. The molecule has 2 aliphatic heterocycles. The van der Waals surface area contributed by atoms with Gasteiger partial charge in [-0.25, -0.2) is 14.4 Å². The predicted octanol–water partition coefficient (Wildman–Crippen LogP) is 6.24. The topological polar surface area (TPSA) is 44.7 Å². The monoisotopic (exact) mass is 465 g/mol. The Labute approximate surface area is 195 Å². The first kappa shape index (κ1) is 21.2. The molecule has 5 rings (SSSR count). The second-order valence-electron chi connectivity index (χ2n) is 7.86. The molecule has 162 valence electrons. The van der Waals surface area contributed by atoms with Crippen LogP contribution in [0.2, 0.25) is 5.02 Å². The number of carbonyl (C=O) groups excluding carboxylic acids is 1. The van der Waals surface area contributed by atoms with Crippen LogP contribution in [0.4, 0.5) is 10.1 Å². The largest absolute Gasteiger partial charge is 0.285 e. The molecular weight excluding hydrogens is 445 g/mol. The SMILES string of the molecule is O=C(NN1CCCCC1)c1ccc2c(c1)N=C(c1ccc(F)c(Cl)c1)c1ccccc1S2. The third kappa shape index (κ3) is 4.31. The Balaban J connectivity index is 1.55. The molecule has 0 aromatic heterocycles. The molecule has 3 aromatic rings. The van der Waals surface area contributed by atoms with E-state index in [0.717, 1.165) is 46.8 Å². The molecule has 3 aromatic carbocycles. The van der Waals surface area contributed by atoms with E-state index in [1.807, 2.05) is 47.5 Å². The van der Waals surface area contributed by atoms with E-state index in [1.165, 1.54) is 12.5 Å². The standard InChI is InChI=1S/C25H21ClFN3OS/c26-19-14-16(8-10-20(19)27)24-18-6-2-3-7-22(18)32-23-11-9-17(15-21(23)28-24)25(31)29-30-12-4-1-5-13-30/h2-3,6-11,14-15H,1,4-5,12-13H2,(H,29,31). The van der Waals surface area contributed by atoms with Crippen LogP contribution >= 0.6 is 23.4 Å². The summed E-state index contributed by atoms with van der Waals surface area (Å²) in [5.74, 6) is -0.604. The van der Waals surface area contributed by atoms with Gasteiger partial charge >= 0.3 is 0 Å². The summed E-state index contributed by atoms with van der Waals surface area (Å²) in [6, 6.07) is 18.2. The number of hydrogen-bond acceptors (Lipinski definition) is 4. The van der Waals surface area contributed by atoms with Gasteiger partial charge in [0.2, 0.25) is 0 Å². The Morgan fingerprint density at radius 3 is 2.62 bits per heavy atom. The number of carbonyl (C=O) groups is 1. The first-order valence-corrected chi connectivity index (χ1v) is 11.8. The van der Waals surface area contributed by atoms with Crippen LogP contribution in [0.25, 0.3) is 0 Å². The number of nitrogens with zero attached hydrogens (tertiary/aromatic N) is 2. The molecule has 0 atom stereocenters. The molecule has 7 heteroatoms. The smallest absolute Gasteiger partial charge is 0.265 e. The lowest BCUT2D eigenvalue weighted by Gasteiger charge is -2.26. The number of halogens is 2. The quantitative estimate of drug-likeness (QED) is 0.389. The number of piperidine rings is 1. The summed E-state index contributed by atoms with van der Waals surface area (Å²) in [6.07, 6.45) is 3.38. The summed E-state index contributed by atoms with van der Waals surface area (Å²) >= 11 is 7.67. The van der Waals surface area contributed by atoms with Crippen LogP contribution in [-0.4, -0.2) is 29.7 Å². The summed E-state index contributed by atoms with van der Waals surface area (Å²) in [6.45, 7) is 1.74. The molecule has 0 bridgehead atoms. The molecule has 32 heavy (non-hydrogen) atoms. The molecule has 2 aliphatic rings. The highest BCUT2D eigenvalue weighted by Crippen LogP contribution is 2.41. The van der Waals surface area contributed by atoms with Gasteiger partial charge in [-0.05, 0) is 55.3 Å². The second kappa shape index (κ2) is 9.06. The van der Waals surface area contributed by atoms with Gasteiger partial charge in [0.15, 0.2) is 0 Å². The fourth-order valence-electron chi connectivity index (χ4n) is 3.96. The maximum atomic E-state index is 13.8. The molecule has 2 heterocycles. The normalized spacial score (nSPS) is 15.9. The van der Waals surface area contributed by atoms with Gasteiger partial charge in [0.1, 0.15) is 5.82 Å². The Bertz CT molecular complexity index is 1220. The lowest BCUT2D eigenvalue weighted by molar-refractivity contribution is 0.0750. The second-order valence-corrected chi connectivity index (χ2v) is 9.35. The van der Waals surface area contributed by atoms with E-state index in [1.54, 1.807) is 23.9 Å². The third-order valence-corrected chi connectivity index (χ3v) is 7.05. The van der Waals surface area contributed by atoms with Crippen molar-refractivity contribution in [3.05, 3.63) is 88.2 Å². The summed E-state index contributed by atoms with van der Waals surface area (Å²) in [5.41, 5.74) is 6.63. The molecule has 0 saturated carbocycles. The van der Waals surface area contributed by atoms with Crippen LogP contribution in [0.15, 0.2) is 75.4 Å². The Hall–Kier alpha value is -2.67. The molecule has 1 N–H and O–H groups in total. The molecule has 1 fully saturated rings. The van der Waals surface area contributed by atoms with Crippen molar-refractivity contribution in [1.29, 1.82) is 0 Å². The van der Waals surface area contributed by atoms with Crippen molar-refractivity contribution in [3.8, 4) is 0 Å². The fourth-order valence-corrected chi connectivity index (χ4v) is 5.14. The zero-order valence-corrected chi connectivity index (χ0v) is 18.8. The Morgan fingerprint density at radius 2 is 1.81 bits per heavy atom. The van der Waals surface area contributed by atoms with Crippen molar-refractivity contribution in [2.24, 2.45) is 4.99 Å². The molecule has 0 spiro atoms. The van der Waals surface area contributed by atoms with E-state index in [-0.39, 0.29) is 10.9 Å². The maximum absolute atomic E-state index is 13.8. The summed E-state index contributed by atoms with van der Waals surface area (Å²) < 4.78 is 13.8. The van der Waals surface area contributed by atoms with Crippen LogP contribution in [-0.2, 0) is 0 Å². The third-order valence-electron chi connectivity index (χ3n) is 5.62. The van der Waals surface area contributed by atoms with Crippen LogP contribution < -0.4 is 5.43 Å². The van der Waals surface area contributed by atoms with Crippen LogP contribution in [0, 0.1) is 5.82 Å². The first-order valence-electron chi connectivity index (χ1n) is 10.6. The fraction of sp³-hybridized carbons (Fsp3) is 0.200. The lowest BCUT2D eigenvalue weighted by atomic mass is 10.0. The maximum Gasteiger partial charge on any atom is 0.265 e. The van der Waals surface area contributed by atoms with Crippen LogP contribution in [0.3, 0.4) is 0 Å². The van der Waals surface area contributed by atoms with E-state index in [2.05, 4.69) is 5.43 Å². The number of hydrogen-bond donors (Lipinski definition) is 1. The van der Waals surface area contributed by atoms with E-state index in [0.29, 0.717) is 17.0 Å². The minimum absolute atomic E-state index is 0.0504. The number of rotatable bonds is 3. The number of fused-ring (bicyclic) bond motifs is 2. The Kier molecular flexibility index (Phi) is 6.00. The van der Waals surface area contributed by atoms with Crippen LogP contribution in [0.5, 0.6) is 0 Å². The first-order chi connectivity index (χ1) is 15.6. The van der Waals surface area contributed by atoms with E-state index in [4.69, 9.17) is 16.6 Å². The van der Waals surface area contributed by atoms with Crippen molar-refractivity contribution in [1.82, 2.24) is 10.4 Å². The zero-order chi connectivity index (χ0) is 22.1. The predicted molar refractivity (Wildman–Crippen MR) is 127 cm³/mol. The highest BCUT2D eigenvalue weighted by Gasteiger charge is 2.21. The van der Waals surface area contributed by atoms with Gasteiger partial charge in [-0.2, -0.15) is 0 Å². The molecule has 0 unspecified atom stereocenters. The van der Waals surface area contributed by atoms with Crippen molar-refractivity contribution in [3.63, 3.8) is 0 Å². The van der Waals surface area contributed by atoms with Gasteiger partial charge in [0.05, 0.1) is 16.4 Å². The van der Waals surface area contributed by atoms with Gasteiger partial charge in [-0.1, -0.05) is 48.0 Å². The van der Waals surface area contributed by atoms with Gasteiger partial charge in [0.25, 0.3) is 5.91 Å². The molecule has 0 aliphatic carbocycles. The molecule has 0 radical (unpaired) electrons. The number of aliphatic imine (C=N–C) groups is 1. The van der Waals surface area contributed by atoms with Crippen molar-refractivity contribution in [2.75, 3.05) is 13.1 Å². The number of amides is 1. The number of nitrogens with one attached hydrogen (secondary N) is 1. The van der Waals surface area contributed by atoms with Gasteiger partial charge in [0, 0.05) is 39.6 Å². The molecular formula is C25H21ClFN3OS. The average molecular weight is 466 g/mol. The lowest BCUT2D eigenvalue weighted by Crippen LogP contribution is -2.45. The van der Waals surface area contributed by atoms with Gasteiger partial charge < -0.3 is 0 Å². The summed E-state index contributed by atoms with van der Waals surface area (Å²) in [5, 5.41) is 2.03. The molecule has 1 saturated heterocycles. The number of hydrazine groups is 1. The van der Waals surface area contributed by atoms with Gasteiger partial charge in [-0.3, -0.25) is 10.2 Å².